The lowest BCUT2D eigenvalue weighted by Crippen LogP contribution is -2.03. The van der Waals surface area contributed by atoms with E-state index in [4.69, 9.17) is 9.72 Å². The molecule has 4 heterocycles. The Morgan fingerprint density at radius 2 is 2.00 bits per heavy atom. The largest absolute Gasteiger partial charge is 0.497 e. The van der Waals surface area contributed by atoms with Crippen LogP contribution >= 0.6 is 0 Å². The van der Waals surface area contributed by atoms with Crippen molar-refractivity contribution in [2.24, 2.45) is 0 Å². The molecular formula is C23H19N5O. The molecule has 0 fully saturated rings. The van der Waals surface area contributed by atoms with E-state index in [2.05, 4.69) is 32.4 Å². The van der Waals surface area contributed by atoms with Crippen LogP contribution in [0.3, 0.4) is 0 Å². The van der Waals surface area contributed by atoms with Gasteiger partial charge >= 0.3 is 0 Å². The highest BCUT2D eigenvalue weighted by molar-refractivity contribution is 5.96. The summed E-state index contributed by atoms with van der Waals surface area (Å²) in [6.07, 6.45) is 5.60. The van der Waals surface area contributed by atoms with Gasteiger partial charge in [-0.05, 0) is 54.1 Å². The lowest BCUT2D eigenvalue weighted by molar-refractivity contribution is 0.415. The standard InChI is InChI=1S/C23H19N5O/c1-29-18-5-6-21-15(11-18)10-16(13-26-21)20-12-22(28-23-19(20)7-9-25-23)27-14-17-4-2-3-8-24-17/h2-13H,14H2,1H3,(H2,25,27,28). The molecule has 0 aliphatic heterocycles. The number of nitrogens with one attached hydrogen (secondary N) is 2. The fourth-order valence-corrected chi connectivity index (χ4v) is 3.43. The second-order valence-corrected chi connectivity index (χ2v) is 6.75. The van der Waals surface area contributed by atoms with Crippen molar-refractivity contribution in [1.29, 1.82) is 0 Å². The van der Waals surface area contributed by atoms with Gasteiger partial charge in [-0.15, -0.1) is 0 Å². The van der Waals surface area contributed by atoms with Crippen LogP contribution in [0.4, 0.5) is 5.82 Å². The molecule has 6 heteroatoms. The van der Waals surface area contributed by atoms with Crippen LogP contribution in [0.15, 0.2) is 73.2 Å². The average molecular weight is 381 g/mol. The number of nitrogens with zero attached hydrogens (tertiary/aromatic N) is 3. The first-order valence-electron chi connectivity index (χ1n) is 9.36. The van der Waals surface area contributed by atoms with Gasteiger partial charge in [0.05, 0.1) is 24.9 Å². The van der Waals surface area contributed by atoms with Gasteiger partial charge in [0.25, 0.3) is 0 Å². The molecule has 4 aromatic heterocycles. The maximum Gasteiger partial charge on any atom is 0.140 e. The monoisotopic (exact) mass is 381 g/mol. The van der Waals surface area contributed by atoms with Gasteiger partial charge in [0, 0.05) is 34.9 Å². The fourth-order valence-electron chi connectivity index (χ4n) is 3.43. The Morgan fingerprint density at radius 1 is 1.03 bits per heavy atom. The molecule has 0 amide bonds. The highest BCUT2D eigenvalue weighted by atomic mass is 16.5. The van der Waals surface area contributed by atoms with Crippen LogP contribution in [0, 0.1) is 0 Å². The predicted molar refractivity (Wildman–Crippen MR) is 115 cm³/mol. The smallest absolute Gasteiger partial charge is 0.140 e. The van der Waals surface area contributed by atoms with Crippen LogP contribution in [0.5, 0.6) is 5.75 Å². The Morgan fingerprint density at radius 3 is 2.86 bits per heavy atom. The fraction of sp³-hybridized carbons (Fsp3) is 0.0870. The van der Waals surface area contributed by atoms with Gasteiger partial charge in [-0.25, -0.2) is 4.98 Å². The van der Waals surface area contributed by atoms with Gasteiger partial charge in [-0.3, -0.25) is 9.97 Å². The summed E-state index contributed by atoms with van der Waals surface area (Å²) in [7, 11) is 1.67. The number of benzene rings is 1. The molecule has 5 rings (SSSR count). The molecule has 0 radical (unpaired) electrons. The molecule has 2 N–H and O–H groups in total. The number of aromatic amines is 1. The molecule has 0 saturated heterocycles. The number of ether oxygens (including phenoxy) is 1. The highest BCUT2D eigenvalue weighted by Gasteiger charge is 2.11. The summed E-state index contributed by atoms with van der Waals surface area (Å²) in [6, 6.07) is 18.0. The maximum absolute atomic E-state index is 5.36. The van der Waals surface area contributed by atoms with E-state index in [0.29, 0.717) is 6.54 Å². The van der Waals surface area contributed by atoms with E-state index >= 15 is 0 Å². The topological polar surface area (TPSA) is 75.7 Å². The minimum Gasteiger partial charge on any atom is -0.497 e. The number of methoxy groups -OCH3 is 1. The number of hydrogen-bond donors (Lipinski definition) is 2. The predicted octanol–water partition coefficient (Wildman–Crippen LogP) is 4.79. The van der Waals surface area contributed by atoms with Gasteiger partial charge in [0.2, 0.25) is 0 Å². The Labute approximate surface area is 167 Å². The first-order valence-corrected chi connectivity index (χ1v) is 9.36. The van der Waals surface area contributed by atoms with Gasteiger partial charge in [-0.1, -0.05) is 6.07 Å². The summed E-state index contributed by atoms with van der Waals surface area (Å²) in [5.41, 5.74) is 4.82. The highest BCUT2D eigenvalue weighted by Crippen LogP contribution is 2.32. The summed E-state index contributed by atoms with van der Waals surface area (Å²) >= 11 is 0. The number of pyridine rings is 3. The summed E-state index contributed by atoms with van der Waals surface area (Å²) in [5.74, 6) is 1.60. The summed E-state index contributed by atoms with van der Waals surface area (Å²) in [5, 5.41) is 5.46. The zero-order valence-electron chi connectivity index (χ0n) is 15.9. The second kappa shape index (κ2) is 7.24. The molecule has 0 unspecified atom stereocenters. The van der Waals surface area contributed by atoms with Crippen molar-refractivity contribution >= 4 is 27.8 Å². The number of hydrogen-bond acceptors (Lipinski definition) is 5. The van der Waals surface area contributed by atoms with Crippen LogP contribution in [0.1, 0.15) is 5.69 Å². The summed E-state index contributed by atoms with van der Waals surface area (Å²) in [6.45, 7) is 0.604. The van der Waals surface area contributed by atoms with E-state index in [1.807, 2.05) is 54.9 Å². The lowest BCUT2D eigenvalue weighted by Gasteiger charge is -2.10. The number of fused-ring (bicyclic) bond motifs is 2. The van der Waals surface area contributed by atoms with Gasteiger partial charge < -0.3 is 15.0 Å². The van der Waals surface area contributed by atoms with E-state index in [1.54, 1.807) is 13.3 Å². The maximum atomic E-state index is 5.36. The normalized spacial score (nSPS) is 11.1. The molecule has 1 aromatic carbocycles. The van der Waals surface area contributed by atoms with Gasteiger partial charge in [0.15, 0.2) is 0 Å². The lowest BCUT2D eigenvalue weighted by atomic mass is 10.0. The van der Waals surface area contributed by atoms with Crippen LogP contribution in [-0.2, 0) is 6.54 Å². The molecule has 29 heavy (non-hydrogen) atoms. The number of H-pyrrole nitrogens is 1. The molecule has 0 spiro atoms. The van der Waals surface area contributed by atoms with Gasteiger partial charge in [-0.2, -0.15) is 0 Å². The van der Waals surface area contributed by atoms with Crippen molar-refractivity contribution in [2.45, 2.75) is 6.54 Å². The zero-order valence-corrected chi connectivity index (χ0v) is 15.9. The van der Waals surface area contributed by atoms with Crippen molar-refractivity contribution in [2.75, 3.05) is 12.4 Å². The van der Waals surface area contributed by atoms with E-state index in [1.165, 1.54) is 0 Å². The quantitative estimate of drug-likeness (QED) is 0.458. The zero-order chi connectivity index (χ0) is 19.6. The number of aromatic nitrogens is 4. The van der Waals surface area contributed by atoms with Crippen molar-refractivity contribution in [3.63, 3.8) is 0 Å². The van der Waals surface area contributed by atoms with Crippen LogP contribution in [0.25, 0.3) is 33.1 Å². The minimum absolute atomic E-state index is 0.604. The Hall–Kier alpha value is -3.93. The number of anilines is 1. The molecule has 142 valence electrons. The van der Waals surface area contributed by atoms with Crippen molar-refractivity contribution in [3.8, 4) is 16.9 Å². The Balaban J connectivity index is 1.56. The molecule has 0 atom stereocenters. The van der Waals surface area contributed by atoms with Crippen LogP contribution < -0.4 is 10.1 Å². The average Bonchev–Trinajstić information content (AvgIpc) is 3.25. The number of rotatable bonds is 5. The molecule has 5 aromatic rings. The van der Waals surface area contributed by atoms with E-state index in [0.717, 1.165) is 50.3 Å². The second-order valence-electron chi connectivity index (χ2n) is 6.75. The van der Waals surface area contributed by atoms with E-state index in [9.17, 15) is 0 Å². The van der Waals surface area contributed by atoms with Crippen LogP contribution in [-0.4, -0.2) is 27.0 Å². The SMILES string of the molecule is COc1ccc2ncc(-c3cc(NCc4ccccn4)nc4[nH]ccc34)cc2c1. The third-order valence-corrected chi connectivity index (χ3v) is 4.90. The molecule has 0 bridgehead atoms. The minimum atomic E-state index is 0.604. The van der Waals surface area contributed by atoms with Crippen LogP contribution in [0.2, 0.25) is 0 Å². The molecule has 0 saturated carbocycles. The Bertz CT molecular complexity index is 1300. The Kier molecular flexibility index (Phi) is 4.29. The summed E-state index contributed by atoms with van der Waals surface area (Å²) < 4.78 is 5.36. The van der Waals surface area contributed by atoms with Gasteiger partial charge in [0.1, 0.15) is 17.2 Å². The molecule has 0 aliphatic rings. The first kappa shape index (κ1) is 17.2. The molecule has 0 aliphatic carbocycles. The molecule has 6 nitrogen and oxygen atoms in total. The van der Waals surface area contributed by atoms with Crippen molar-refractivity contribution in [3.05, 3.63) is 78.9 Å². The summed E-state index contributed by atoms with van der Waals surface area (Å²) in [4.78, 5) is 16.9. The van der Waals surface area contributed by atoms with E-state index in [-0.39, 0.29) is 0 Å². The third kappa shape index (κ3) is 3.36. The van der Waals surface area contributed by atoms with Crippen molar-refractivity contribution < 1.29 is 4.74 Å². The molecular weight excluding hydrogens is 362 g/mol. The third-order valence-electron chi connectivity index (χ3n) is 4.90. The van der Waals surface area contributed by atoms with E-state index < -0.39 is 0 Å². The first-order chi connectivity index (χ1) is 14.3. The van der Waals surface area contributed by atoms with Crippen molar-refractivity contribution in [1.82, 2.24) is 19.9 Å².